The standard InChI is InChI=1S/C14H17N3O/c1-14(2,3)18-12-9-6-4-5-7-11(9)17-8-10(12)13(15)16/h4-8H,1-3H3,(H3,15,16). The molecule has 4 nitrogen and oxygen atoms in total. The van der Waals surface area contributed by atoms with E-state index in [4.69, 9.17) is 15.9 Å². The molecule has 1 aromatic carbocycles. The van der Waals surface area contributed by atoms with E-state index in [1.165, 1.54) is 0 Å². The van der Waals surface area contributed by atoms with E-state index in [2.05, 4.69) is 4.98 Å². The summed E-state index contributed by atoms with van der Waals surface area (Å²) < 4.78 is 5.95. The monoisotopic (exact) mass is 243 g/mol. The van der Waals surface area contributed by atoms with Crippen molar-refractivity contribution in [2.75, 3.05) is 0 Å². The molecule has 2 aromatic rings. The van der Waals surface area contributed by atoms with Gasteiger partial charge in [-0.25, -0.2) is 0 Å². The molecule has 0 aliphatic rings. The Morgan fingerprint density at radius 2 is 1.94 bits per heavy atom. The summed E-state index contributed by atoms with van der Waals surface area (Å²) in [4.78, 5) is 4.29. The van der Waals surface area contributed by atoms with Gasteiger partial charge in [-0.05, 0) is 32.9 Å². The van der Waals surface area contributed by atoms with Crippen LogP contribution in [0.5, 0.6) is 5.75 Å². The zero-order valence-electron chi connectivity index (χ0n) is 10.8. The number of para-hydroxylation sites is 1. The maximum atomic E-state index is 7.62. The van der Waals surface area contributed by atoms with Gasteiger partial charge in [0.05, 0.1) is 11.1 Å². The number of hydrogen-bond acceptors (Lipinski definition) is 3. The fourth-order valence-corrected chi connectivity index (χ4v) is 1.72. The molecule has 0 aliphatic carbocycles. The Bertz CT molecular complexity index is 600. The summed E-state index contributed by atoms with van der Waals surface area (Å²) in [6, 6.07) is 7.68. The molecule has 1 heterocycles. The molecule has 0 amide bonds. The minimum absolute atomic E-state index is 0.0347. The molecule has 18 heavy (non-hydrogen) atoms. The molecule has 4 heteroatoms. The Hall–Kier alpha value is -2.10. The minimum atomic E-state index is -0.353. The Kier molecular flexibility index (Phi) is 2.95. The van der Waals surface area contributed by atoms with Gasteiger partial charge in [0.15, 0.2) is 0 Å². The summed E-state index contributed by atoms with van der Waals surface area (Å²) in [5.41, 5.74) is 6.60. The molecule has 3 N–H and O–H groups in total. The molecular formula is C14H17N3O. The Morgan fingerprint density at radius 1 is 1.28 bits per heavy atom. The number of benzene rings is 1. The van der Waals surface area contributed by atoms with Gasteiger partial charge < -0.3 is 10.5 Å². The van der Waals surface area contributed by atoms with E-state index < -0.39 is 0 Å². The molecule has 0 spiro atoms. The summed E-state index contributed by atoms with van der Waals surface area (Å²) in [6.45, 7) is 5.89. The van der Waals surface area contributed by atoms with Gasteiger partial charge in [0.2, 0.25) is 0 Å². The van der Waals surface area contributed by atoms with Crippen molar-refractivity contribution in [2.45, 2.75) is 26.4 Å². The lowest BCUT2D eigenvalue weighted by Crippen LogP contribution is -2.25. The van der Waals surface area contributed by atoms with Crippen molar-refractivity contribution >= 4 is 16.7 Å². The highest BCUT2D eigenvalue weighted by atomic mass is 16.5. The highest BCUT2D eigenvalue weighted by Gasteiger charge is 2.19. The highest BCUT2D eigenvalue weighted by molar-refractivity contribution is 6.02. The van der Waals surface area contributed by atoms with Crippen LogP contribution in [0.1, 0.15) is 26.3 Å². The maximum Gasteiger partial charge on any atom is 0.141 e. The molecule has 0 radical (unpaired) electrons. The molecule has 2 rings (SSSR count). The number of ether oxygens (including phenoxy) is 1. The summed E-state index contributed by atoms with van der Waals surface area (Å²) in [5.74, 6) is 0.591. The number of nitrogens with two attached hydrogens (primary N) is 1. The van der Waals surface area contributed by atoms with Gasteiger partial charge in [-0.15, -0.1) is 0 Å². The van der Waals surface area contributed by atoms with E-state index in [0.29, 0.717) is 11.3 Å². The second-order valence-corrected chi connectivity index (χ2v) is 5.15. The van der Waals surface area contributed by atoms with Crippen LogP contribution in [0.15, 0.2) is 30.5 Å². The van der Waals surface area contributed by atoms with Gasteiger partial charge in [0.25, 0.3) is 0 Å². The second-order valence-electron chi connectivity index (χ2n) is 5.15. The third-order valence-electron chi connectivity index (χ3n) is 2.42. The number of fused-ring (bicyclic) bond motifs is 1. The summed E-state index contributed by atoms with van der Waals surface area (Å²) in [5, 5.41) is 8.49. The molecule has 0 saturated carbocycles. The number of pyridine rings is 1. The summed E-state index contributed by atoms with van der Waals surface area (Å²) in [7, 11) is 0. The summed E-state index contributed by atoms with van der Waals surface area (Å²) >= 11 is 0. The lowest BCUT2D eigenvalue weighted by molar-refractivity contribution is 0.133. The largest absolute Gasteiger partial charge is 0.487 e. The van der Waals surface area contributed by atoms with Crippen molar-refractivity contribution in [3.8, 4) is 5.75 Å². The SMILES string of the molecule is CC(C)(C)Oc1c(C(=N)N)cnc2ccccc12. The number of hydrogen-bond donors (Lipinski definition) is 2. The molecular weight excluding hydrogens is 226 g/mol. The zero-order valence-corrected chi connectivity index (χ0v) is 10.8. The van der Waals surface area contributed by atoms with Crippen LogP contribution in [0.3, 0.4) is 0 Å². The van der Waals surface area contributed by atoms with E-state index in [1.807, 2.05) is 45.0 Å². The molecule has 0 bridgehead atoms. The fraction of sp³-hybridized carbons (Fsp3) is 0.286. The van der Waals surface area contributed by atoms with E-state index in [9.17, 15) is 0 Å². The molecule has 0 unspecified atom stereocenters. The van der Waals surface area contributed by atoms with Crippen molar-refractivity contribution in [3.63, 3.8) is 0 Å². The first-order chi connectivity index (χ1) is 8.38. The first-order valence-corrected chi connectivity index (χ1v) is 5.79. The first-order valence-electron chi connectivity index (χ1n) is 5.79. The van der Waals surface area contributed by atoms with Crippen LogP contribution in [0.25, 0.3) is 10.9 Å². The van der Waals surface area contributed by atoms with Crippen LogP contribution >= 0.6 is 0 Å². The van der Waals surface area contributed by atoms with E-state index in [1.54, 1.807) is 6.20 Å². The van der Waals surface area contributed by atoms with Crippen LogP contribution in [-0.4, -0.2) is 16.4 Å². The van der Waals surface area contributed by atoms with Crippen molar-refractivity contribution in [2.24, 2.45) is 5.73 Å². The Labute approximate surface area is 106 Å². The number of nitrogens with zero attached hydrogens (tertiary/aromatic N) is 1. The molecule has 0 saturated heterocycles. The van der Waals surface area contributed by atoms with Gasteiger partial charge in [-0.3, -0.25) is 10.4 Å². The van der Waals surface area contributed by atoms with Gasteiger partial charge in [0, 0.05) is 11.6 Å². The van der Waals surface area contributed by atoms with E-state index >= 15 is 0 Å². The van der Waals surface area contributed by atoms with Crippen molar-refractivity contribution < 1.29 is 4.74 Å². The topological polar surface area (TPSA) is 72.0 Å². The lowest BCUT2D eigenvalue weighted by Gasteiger charge is -2.24. The fourth-order valence-electron chi connectivity index (χ4n) is 1.72. The molecule has 0 fully saturated rings. The minimum Gasteiger partial charge on any atom is -0.487 e. The number of aromatic nitrogens is 1. The quantitative estimate of drug-likeness (QED) is 0.629. The molecule has 1 aromatic heterocycles. The van der Waals surface area contributed by atoms with Crippen molar-refractivity contribution in [1.29, 1.82) is 5.41 Å². The van der Waals surface area contributed by atoms with Gasteiger partial charge in [-0.2, -0.15) is 0 Å². The Balaban J connectivity index is 2.70. The third-order valence-corrected chi connectivity index (χ3v) is 2.42. The van der Waals surface area contributed by atoms with Crippen LogP contribution in [0.2, 0.25) is 0 Å². The average molecular weight is 243 g/mol. The van der Waals surface area contributed by atoms with E-state index in [-0.39, 0.29) is 11.4 Å². The smallest absolute Gasteiger partial charge is 0.141 e. The number of nitrogen functional groups attached to an aromatic ring is 1. The van der Waals surface area contributed by atoms with Crippen LogP contribution in [0.4, 0.5) is 0 Å². The maximum absolute atomic E-state index is 7.62. The number of amidine groups is 1. The van der Waals surface area contributed by atoms with E-state index in [0.717, 1.165) is 10.9 Å². The number of nitrogens with one attached hydrogen (secondary N) is 1. The highest BCUT2D eigenvalue weighted by Crippen LogP contribution is 2.30. The van der Waals surface area contributed by atoms with Crippen LogP contribution in [0, 0.1) is 5.41 Å². The van der Waals surface area contributed by atoms with Crippen molar-refractivity contribution in [3.05, 3.63) is 36.0 Å². The average Bonchev–Trinajstić information content (AvgIpc) is 2.27. The number of rotatable bonds is 2. The van der Waals surface area contributed by atoms with Gasteiger partial charge in [-0.1, -0.05) is 12.1 Å². The lowest BCUT2D eigenvalue weighted by atomic mass is 10.1. The predicted molar refractivity (Wildman–Crippen MR) is 73.1 cm³/mol. The van der Waals surface area contributed by atoms with Crippen LogP contribution < -0.4 is 10.5 Å². The van der Waals surface area contributed by atoms with Crippen molar-refractivity contribution in [1.82, 2.24) is 4.98 Å². The normalized spacial score (nSPS) is 11.5. The molecule has 0 aliphatic heterocycles. The van der Waals surface area contributed by atoms with Gasteiger partial charge >= 0.3 is 0 Å². The molecule has 0 atom stereocenters. The Morgan fingerprint density at radius 3 is 2.56 bits per heavy atom. The third kappa shape index (κ3) is 2.42. The zero-order chi connectivity index (χ0) is 13.3. The second kappa shape index (κ2) is 4.29. The van der Waals surface area contributed by atoms with Crippen LogP contribution in [-0.2, 0) is 0 Å². The first kappa shape index (κ1) is 12.4. The summed E-state index contributed by atoms with van der Waals surface area (Å²) in [6.07, 6.45) is 1.59. The predicted octanol–water partition coefficient (Wildman–Crippen LogP) is 2.70. The molecule has 94 valence electrons. The van der Waals surface area contributed by atoms with Gasteiger partial charge in [0.1, 0.15) is 17.2 Å².